The van der Waals surface area contributed by atoms with Crippen LogP contribution in [0.4, 0.5) is 0 Å². The lowest BCUT2D eigenvalue weighted by Gasteiger charge is -2.14. The predicted molar refractivity (Wildman–Crippen MR) is 123 cm³/mol. The number of rotatable bonds is 7. The Bertz CT molecular complexity index is 1110. The van der Waals surface area contributed by atoms with Crippen molar-refractivity contribution >= 4 is 16.7 Å². The number of hydrogen-bond donors (Lipinski definition) is 1. The molecule has 3 aromatic carbocycles. The van der Waals surface area contributed by atoms with Gasteiger partial charge in [-0.3, -0.25) is 4.79 Å². The summed E-state index contributed by atoms with van der Waals surface area (Å²) in [6.45, 7) is 5.62. The predicted octanol–water partition coefficient (Wildman–Crippen LogP) is 4.39. The highest BCUT2D eigenvalue weighted by molar-refractivity contribution is 5.96. The minimum atomic E-state index is -0.105. The first-order valence-electron chi connectivity index (χ1n) is 10.1. The molecule has 4 heteroatoms. The van der Waals surface area contributed by atoms with E-state index in [0.29, 0.717) is 24.5 Å². The third-order valence-electron chi connectivity index (χ3n) is 4.97. The maximum Gasteiger partial charge on any atom is 0.251 e. The van der Waals surface area contributed by atoms with Gasteiger partial charge < -0.3 is 15.0 Å². The highest BCUT2D eigenvalue weighted by Crippen LogP contribution is 2.23. The van der Waals surface area contributed by atoms with E-state index in [1.807, 2.05) is 70.4 Å². The summed E-state index contributed by atoms with van der Waals surface area (Å²) < 4.78 is 5.78. The number of fused-ring (bicyclic) bond motifs is 1. The van der Waals surface area contributed by atoms with Crippen LogP contribution in [0, 0.1) is 18.8 Å². The molecule has 3 aromatic rings. The standard InChI is InChI=1S/C26H28N2O2/c1-5-8-20-12-13-21(24-10-7-6-9-23(20)24)18-27-26(29)25-17-22(14-11-19(25)2)30-16-15-28(3)4/h6-7,9-14,17H,15-16,18H2,1-4H3,(H,27,29). The summed E-state index contributed by atoms with van der Waals surface area (Å²) in [6, 6.07) is 17.9. The second-order valence-corrected chi connectivity index (χ2v) is 7.50. The minimum absolute atomic E-state index is 0.105. The van der Waals surface area contributed by atoms with Crippen LogP contribution in [0.5, 0.6) is 5.75 Å². The number of carbonyl (C=O) groups excluding carboxylic acids is 1. The fraction of sp³-hybridized carbons (Fsp3) is 0.269. The second-order valence-electron chi connectivity index (χ2n) is 7.50. The summed E-state index contributed by atoms with van der Waals surface area (Å²) in [6.07, 6.45) is 0. The van der Waals surface area contributed by atoms with Crippen molar-refractivity contribution in [3.05, 3.63) is 76.9 Å². The number of benzene rings is 3. The maximum absolute atomic E-state index is 12.9. The lowest BCUT2D eigenvalue weighted by molar-refractivity contribution is 0.0950. The Labute approximate surface area is 178 Å². The van der Waals surface area contributed by atoms with Crippen LogP contribution >= 0.6 is 0 Å². The van der Waals surface area contributed by atoms with Crippen molar-refractivity contribution in [2.24, 2.45) is 0 Å². The van der Waals surface area contributed by atoms with Gasteiger partial charge in [-0.2, -0.15) is 0 Å². The van der Waals surface area contributed by atoms with Crippen molar-refractivity contribution in [1.82, 2.24) is 10.2 Å². The maximum atomic E-state index is 12.9. The first-order chi connectivity index (χ1) is 14.5. The van der Waals surface area contributed by atoms with Crippen LogP contribution < -0.4 is 10.1 Å². The van der Waals surface area contributed by atoms with Gasteiger partial charge in [-0.1, -0.05) is 42.3 Å². The molecule has 4 nitrogen and oxygen atoms in total. The number of likely N-dealkylation sites (N-methyl/N-ethyl adjacent to an activating group) is 1. The molecule has 0 unspecified atom stereocenters. The Kier molecular flexibility index (Phi) is 7.11. The average molecular weight is 401 g/mol. The Hall–Kier alpha value is -3.29. The number of nitrogens with one attached hydrogen (secondary N) is 1. The monoisotopic (exact) mass is 400 g/mol. The van der Waals surface area contributed by atoms with Crippen molar-refractivity contribution in [2.75, 3.05) is 27.2 Å². The molecular weight excluding hydrogens is 372 g/mol. The number of carbonyl (C=O) groups is 1. The Morgan fingerprint density at radius 3 is 2.57 bits per heavy atom. The van der Waals surface area contributed by atoms with E-state index in [9.17, 15) is 4.79 Å². The van der Waals surface area contributed by atoms with Crippen molar-refractivity contribution in [3.63, 3.8) is 0 Å². The first kappa shape index (κ1) is 21.4. The molecule has 0 saturated carbocycles. The molecule has 0 heterocycles. The van der Waals surface area contributed by atoms with E-state index in [1.165, 1.54) is 0 Å². The minimum Gasteiger partial charge on any atom is -0.492 e. The van der Waals surface area contributed by atoms with Crippen molar-refractivity contribution in [2.45, 2.75) is 20.4 Å². The van der Waals surface area contributed by atoms with E-state index in [-0.39, 0.29) is 5.91 Å². The Morgan fingerprint density at radius 2 is 1.83 bits per heavy atom. The zero-order valence-corrected chi connectivity index (χ0v) is 18.1. The van der Waals surface area contributed by atoms with Crippen molar-refractivity contribution in [3.8, 4) is 17.6 Å². The summed E-state index contributed by atoms with van der Waals surface area (Å²) >= 11 is 0. The molecule has 1 N–H and O–H groups in total. The molecule has 3 rings (SSSR count). The van der Waals surface area contributed by atoms with Gasteiger partial charge in [0, 0.05) is 24.2 Å². The zero-order chi connectivity index (χ0) is 21.5. The summed E-state index contributed by atoms with van der Waals surface area (Å²) in [7, 11) is 4.00. The zero-order valence-electron chi connectivity index (χ0n) is 18.1. The molecule has 0 saturated heterocycles. The van der Waals surface area contributed by atoms with E-state index in [2.05, 4.69) is 34.2 Å². The third-order valence-corrected chi connectivity index (χ3v) is 4.97. The average Bonchev–Trinajstić information content (AvgIpc) is 2.74. The summed E-state index contributed by atoms with van der Waals surface area (Å²) in [5.74, 6) is 6.72. The fourth-order valence-corrected chi connectivity index (χ4v) is 3.31. The second kappa shape index (κ2) is 9.96. The SMILES string of the molecule is CC#Cc1ccc(CNC(=O)c2cc(OCCN(C)C)ccc2C)c2ccccc12. The van der Waals surface area contributed by atoms with Crippen LogP contribution in [0.3, 0.4) is 0 Å². The number of nitrogens with zero attached hydrogens (tertiary/aromatic N) is 1. The third kappa shape index (κ3) is 5.20. The summed E-state index contributed by atoms with van der Waals surface area (Å²) in [5.41, 5.74) is 3.62. The van der Waals surface area contributed by atoms with Crippen LogP contribution in [0.15, 0.2) is 54.6 Å². The lowest BCUT2D eigenvalue weighted by Crippen LogP contribution is -2.24. The summed E-state index contributed by atoms with van der Waals surface area (Å²) in [4.78, 5) is 14.9. The molecule has 30 heavy (non-hydrogen) atoms. The highest BCUT2D eigenvalue weighted by Gasteiger charge is 2.12. The molecule has 0 atom stereocenters. The molecule has 0 radical (unpaired) electrons. The fourth-order valence-electron chi connectivity index (χ4n) is 3.31. The number of ether oxygens (including phenoxy) is 1. The van der Waals surface area contributed by atoms with Crippen LogP contribution in [0.25, 0.3) is 10.8 Å². The normalized spacial score (nSPS) is 10.6. The van der Waals surface area contributed by atoms with E-state index in [0.717, 1.165) is 34.0 Å². The molecule has 0 aliphatic rings. The lowest BCUT2D eigenvalue weighted by atomic mass is 9.99. The van der Waals surface area contributed by atoms with Crippen LogP contribution in [-0.4, -0.2) is 38.1 Å². The topological polar surface area (TPSA) is 41.6 Å². The largest absolute Gasteiger partial charge is 0.492 e. The first-order valence-corrected chi connectivity index (χ1v) is 10.1. The van der Waals surface area contributed by atoms with Crippen LogP contribution in [0.1, 0.15) is 34.0 Å². The van der Waals surface area contributed by atoms with Gasteiger partial charge in [-0.05, 0) is 68.0 Å². The molecule has 0 spiro atoms. The van der Waals surface area contributed by atoms with Crippen LogP contribution in [0.2, 0.25) is 0 Å². The smallest absolute Gasteiger partial charge is 0.251 e. The van der Waals surface area contributed by atoms with Gasteiger partial charge >= 0.3 is 0 Å². The quantitative estimate of drug-likeness (QED) is 0.598. The van der Waals surface area contributed by atoms with E-state index in [1.54, 1.807) is 0 Å². The molecule has 154 valence electrons. The van der Waals surface area contributed by atoms with Gasteiger partial charge in [-0.15, -0.1) is 5.92 Å². The van der Waals surface area contributed by atoms with Gasteiger partial charge in [0.2, 0.25) is 0 Å². The summed E-state index contributed by atoms with van der Waals surface area (Å²) in [5, 5.41) is 5.27. The van der Waals surface area contributed by atoms with Crippen LogP contribution in [-0.2, 0) is 6.54 Å². The Morgan fingerprint density at radius 1 is 1.07 bits per heavy atom. The molecule has 1 amide bonds. The van der Waals surface area contributed by atoms with E-state index in [4.69, 9.17) is 4.74 Å². The van der Waals surface area contributed by atoms with Gasteiger partial charge in [-0.25, -0.2) is 0 Å². The number of amides is 1. The van der Waals surface area contributed by atoms with Gasteiger partial charge in [0.25, 0.3) is 5.91 Å². The molecule has 0 fully saturated rings. The number of hydrogen-bond acceptors (Lipinski definition) is 3. The highest BCUT2D eigenvalue weighted by atomic mass is 16.5. The van der Waals surface area contributed by atoms with Gasteiger partial charge in [0.15, 0.2) is 0 Å². The molecule has 0 bridgehead atoms. The molecule has 0 aliphatic carbocycles. The van der Waals surface area contributed by atoms with Gasteiger partial charge in [0.05, 0.1) is 0 Å². The van der Waals surface area contributed by atoms with Crippen molar-refractivity contribution < 1.29 is 9.53 Å². The van der Waals surface area contributed by atoms with Crippen molar-refractivity contribution in [1.29, 1.82) is 0 Å². The Balaban J connectivity index is 1.76. The molecule has 0 aromatic heterocycles. The molecule has 0 aliphatic heterocycles. The van der Waals surface area contributed by atoms with E-state index < -0.39 is 0 Å². The molecular formula is C26H28N2O2. The van der Waals surface area contributed by atoms with Gasteiger partial charge in [0.1, 0.15) is 12.4 Å². The van der Waals surface area contributed by atoms with E-state index >= 15 is 0 Å². The number of aryl methyl sites for hydroxylation is 1.